The van der Waals surface area contributed by atoms with Gasteiger partial charge in [0.25, 0.3) is 11.8 Å². The first kappa shape index (κ1) is 30.8. The molecule has 0 bridgehead atoms. The van der Waals surface area contributed by atoms with Gasteiger partial charge in [-0.3, -0.25) is 14.4 Å². The monoisotopic (exact) mass is 570 g/mol. The average Bonchev–Trinajstić information content (AvgIpc) is 2.90. The maximum absolute atomic E-state index is 14.1. The van der Waals surface area contributed by atoms with E-state index in [1.165, 1.54) is 7.05 Å². The summed E-state index contributed by atoms with van der Waals surface area (Å²) in [6.45, 7) is 6.30. The minimum atomic E-state index is -0.947. The number of carbonyl (C=O) groups excluding carboxylic acids is 3. The zero-order valence-corrected chi connectivity index (χ0v) is 23.4. The molecule has 0 aliphatic heterocycles. The fraction of sp³-hybridized carbons (Fsp3) is 0.310. The van der Waals surface area contributed by atoms with Gasteiger partial charge in [0.15, 0.2) is 11.4 Å². The molecule has 0 fully saturated rings. The van der Waals surface area contributed by atoms with Crippen LogP contribution >= 0.6 is 0 Å². The van der Waals surface area contributed by atoms with Crippen LogP contribution in [0.1, 0.15) is 59.7 Å². The highest BCUT2D eigenvalue weighted by Gasteiger charge is 2.30. The van der Waals surface area contributed by atoms with E-state index in [4.69, 9.17) is 9.47 Å². The number of ether oxygens (including phenoxy) is 2. The molecule has 3 amide bonds. The second kappa shape index (κ2) is 13.1. The van der Waals surface area contributed by atoms with Gasteiger partial charge in [0.1, 0.15) is 29.4 Å². The van der Waals surface area contributed by atoms with Crippen molar-refractivity contribution in [1.82, 2.24) is 15.3 Å². The average molecular weight is 571 g/mol. The smallest absolute Gasteiger partial charge is 0.429 e. The van der Waals surface area contributed by atoms with Gasteiger partial charge in [-0.1, -0.05) is 36.4 Å². The van der Waals surface area contributed by atoms with Gasteiger partial charge in [-0.15, -0.1) is 0 Å². The van der Waals surface area contributed by atoms with Gasteiger partial charge in [0.05, 0.1) is 0 Å². The Kier molecular flexibility index (Phi) is 9.82. The molecule has 3 aromatic rings. The van der Waals surface area contributed by atoms with Crippen LogP contribution in [0, 0.1) is 11.6 Å². The van der Waals surface area contributed by atoms with Crippen molar-refractivity contribution in [2.45, 2.75) is 46.4 Å². The summed E-state index contributed by atoms with van der Waals surface area (Å²) in [5.74, 6) is -3.85. The Balaban J connectivity index is 2.13. The van der Waals surface area contributed by atoms with Crippen LogP contribution in [0.5, 0.6) is 5.75 Å². The summed E-state index contributed by atoms with van der Waals surface area (Å²) in [5, 5.41) is 5.92. The molecule has 218 valence electrons. The summed E-state index contributed by atoms with van der Waals surface area (Å²) in [7, 11) is 1.29. The van der Waals surface area contributed by atoms with Gasteiger partial charge in [-0.2, -0.15) is 0 Å². The summed E-state index contributed by atoms with van der Waals surface area (Å²) >= 11 is 0. The number of carbonyl (C=O) groups is 3. The third-order valence-electron chi connectivity index (χ3n) is 5.60. The highest BCUT2D eigenvalue weighted by atomic mass is 19.1. The van der Waals surface area contributed by atoms with Crippen LogP contribution in [0.25, 0.3) is 0 Å². The Bertz CT molecular complexity index is 1490. The molecular formula is C29H32F2N4O6. The minimum Gasteiger partial charge on any atom is -0.482 e. The highest BCUT2D eigenvalue weighted by molar-refractivity contribution is 5.99. The normalized spacial score (nSPS) is 11.0. The molecule has 0 unspecified atom stereocenters. The zero-order valence-electron chi connectivity index (χ0n) is 23.4. The number of hydrogen-bond donors (Lipinski definition) is 2. The summed E-state index contributed by atoms with van der Waals surface area (Å²) < 4.78 is 39.7. The maximum atomic E-state index is 14.1. The van der Waals surface area contributed by atoms with E-state index in [-0.39, 0.29) is 31.0 Å². The van der Waals surface area contributed by atoms with Crippen LogP contribution in [-0.4, -0.2) is 41.8 Å². The number of hydrogen-bond acceptors (Lipinski definition) is 6. The van der Waals surface area contributed by atoms with Crippen LogP contribution in [0.2, 0.25) is 0 Å². The first-order chi connectivity index (χ1) is 19.3. The summed E-state index contributed by atoms with van der Waals surface area (Å²) in [4.78, 5) is 53.0. The van der Waals surface area contributed by atoms with E-state index in [0.29, 0.717) is 11.6 Å². The van der Waals surface area contributed by atoms with Gasteiger partial charge < -0.3 is 20.1 Å². The van der Waals surface area contributed by atoms with Gasteiger partial charge in [-0.05, 0) is 39.3 Å². The van der Waals surface area contributed by atoms with Crippen molar-refractivity contribution in [3.05, 3.63) is 99.0 Å². The number of amides is 3. The van der Waals surface area contributed by atoms with E-state index in [1.807, 2.05) is 0 Å². The SMILES string of the molecule is CCNC(=O)c1c(OCc2ccccc2)c(=O)c(C(=O)NCc2ccc(F)cc2F)cn1N(C)C(=O)OC(C)(C)C. The molecule has 1 heterocycles. The van der Waals surface area contributed by atoms with Crippen LogP contribution in [0.3, 0.4) is 0 Å². The van der Waals surface area contributed by atoms with Gasteiger partial charge in [0.2, 0.25) is 5.43 Å². The van der Waals surface area contributed by atoms with Crippen molar-refractivity contribution in [2.24, 2.45) is 0 Å². The van der Waals surface area contributed by atoms with E-state index in [0.717, 1.165) is 28.0 Å². The first-order valence-electron chi connectivity index (χ1n) is 12.8. The Morgan fingerprint density at radius 2 is 1.68 bits per heavy atom. The fourth-order valence-electron chi connectivity index (χ4n) is 3.64. The zero-order chi connectivity index (χ0) is 30.3. The standard InChI is InChI=1S/C29H32F2N4O6/c1-6-32-27(38)23-25(40-17-18-10-8-7-9-11-18)24(36)21(16-35(23)34(5)28(39)41-29(2,3)4)26(37)33-15-19-12-13-20(30)14-22(19)31/h7-14,16H,6,15,17H2,1-5H3,(H,32,38)(H,33,37). The minimum absolute atomic E-state index is 0.0227. The Labute approximate surface area is 235 Å². The number of nitrogens with one attached hydrogen (secondary N) is 2. The third kappa shape index (κ3) is 7.90. The van der Waals surface area contributed by atoms with Crippen LogP contribution in [0.4, 0.5) is 13.6 Å². The summed E-state index contributed by atoms with van der Waals surface area (Å²) in [6.07, 6.45) is 0.114. The lowest BCUT2D eigenvalue weighted by Crippen LogP contribution is -2.45. The number of nitrogens with zero attached hydrogens (tertiary/aromatic N) is 2. The second-order valence-electron chi connectivity index (χ2n) is 9.95. The molecule has 0 saturated carbocycles. The lowest BCUT2D eigenvalue weighted by molar-refractivity contribution is 0.0547. The molecule has 41 heavy (non-hydrogen) atoms. The highest BCUT2D eigenvalue weighted by Crippen LogP contribution is 2.20. The van der Waals surface area contributed by atoms with Crippen molar-refractivity contribution in [3.8, 4) is 5.75 Å². The molecule has 2 aromatic carbocycles. The first-order valence-corrected chi connectivity index (χ1v) is 12.8. The van der Waals surface area contributed by atoms with Crippen LogP contribution in [0.15, 0.2) is 59.5 Å². The number of halogens is 2. The number of aromatic nitrogens is 1. The third-order valence-corrected chi connectivity index (χ3v) is 5.60. The molecule has 0 aliphatic rings. The molecule has 0 radical (unpaired) electrons. The van der Waals surface area contributed by atoms with E-state index in [1.54, 1.807) is 58.0 Å². The predicted molar refractivity (Wildman–Crippen MR) is 147 cm³/mol. The number of pyridine rings is 1. The van der Waals surface area contributed by atoms with E-state index >= 15 is 0 Å². The molecule has 0 atom stereocenters. The number of rotatable bonds is 9. The predicted octanol–water partition coefficient (Wildman–Crippen LogP) is 3.89. The number of benzene rings is 2. The Hall–Kier alpha value is -4.74. The van der Waals surface area contributed by atoms with E-state index in [2.05, 4.69) is 10.6 Å². The van der Waals surface area contributed by atoms with Crippen molar-refractivity contribution >= 4 is 17.9 Å². The molecule has 0 saturated heterocycles. The van der Waals surface area contributed by atoms with Gasteiger partial charge >= 0.3 is 6.09 Å². The molecule has 0 spiro atoms. The molecule has 1 aromatic heterocycles. The quantitative estimate of drug-likeness (QED) is 0.403. The Morgan fingerprint density at radius 3 is 2.29 bits per heavy atom. The topological polar surface area (TPSA) is 119 Å². The van der Waals surface area contributed by atoms with Crippen molar-refractivity contribution in [2.75, 3.05) is 18.6 Å². The largest absolute Gasteiger partial charge is 0.482 e. The van der Waals surface area contributed by atoms with E-state index < -0.39 is 51.9 Å². The molecule has 10 nitrogen and oxygen atoms in total. The molecule has 2 N–H and O–H groups in total. The van der Waals surface area contributed by atoms with Crippen molar-refractivity contribution < 1.29 is 32.6 Å². The van der Waals surface area contributed by atoms with Gasteiger partial charge in [-0.25, -0.2) is 23.3 Å². The van der Waals surface area contributed by atoms with Crippen molar-refractivity contribution in [3.63, 3.8) is 0 Å². The second-order valence-corrected chi connectivity index (χ2v) is 9.95. The Morgan fingerprint density at radius 1 is 1.00 bits per heavy atom. The van der Waals surface area contributed by atoms with E-state index in [9.17, 15) is 28.0 Å². The van der Waals surface area contributed by atoms with Crippen LogP contribution in [-0.2, 0) is 17.9 Å². The maximum Gasteiger partial charge on any atom is 0.429 e. The molecule has 0 aliphatic carbocycles. The lowest BCUT2D eigenvalue weighted by atomic mass is 10.1. The molecular weight excluding hydrogens is 538 g/mol. The fourth-order valence-corrected chi connectivity index (χ4v) is 3.64. The summed E-state index contributed by atoms with van der Waals surface area (Å²) in [6, 6.07) is 11.7. The van der Waals surface area contributed by atoms with Crippen molar-refractivity contribution in [1.29, 1.82) is 0 Å². The van der Waals surface area contributed by atoms with Gasteiger partial charge in [0, 0.05) is 38.0 Å². The summed E-state index contributed by atoms with van der Waals surface area (Å²) in [5.41, 5.74) is -2.04. The lowest BCUT2D eigenvalue weighted by Gasteiger charge is -2.28. The van der Waals surface area contributed by atoms with Crippen LogP contribution < -0.4 is 25.8 Å². The molecule has 3 rings (SSSR count). The molecule has 12 heteroatoms.